The van der Waals surface area contributed by atoms with Crippen LogP contribution < -0.4 is 0 Å². The number of thiazole rings is 1. The number of carbonyl (C=O) groups is 1. The first-order valence-corrected chi connectivity index (χ1v) is 4.39. The Hall–Kier alpha value is -1.21. The summed E-state index contributed by atoms with van der Waals surface area (Å²) in [5, 5.41) is 11.0. The minimum atomic E-state index is -0.591. The third-order valence-corrected chi connectivity index (χ3v) is 2.23. The van der Waals surface area contributed by atoms with Crippen molar-refractivity contribution in [2.75, 3.05) is 0 Å². The number of aryl methyl sites for hydroxylation is 1. The number of Topliss-reactive ketones (excluding diaryl/α,β-unsaturated/α-hetero) is 1. The highest BCUT2D eigenvalue weighted by Crippen LogP contribution is 2.12. The van der Waals surface area contributed by atoms with Crippen LogP contribution in [0.5, 0.6) is 0 Å². The highest BCUT2D eigenvalue weighted by molar-refractivity contribution is 7.09. The van der Waals surface area contributed by atoms with Crippen LogP contribution in [0.3, 0.4) is 0 Å². The first-order valence-electron chi connectivity index (χ1n) is 3.51. The monoisotopic (exact) mass is 180 g/mol. The van der Waals surface area contributed by atoms with Gasteiger partial charge in [-0.25, -0.2) is 4.98 Å². The van der Waals surface area contributed by atoms with Crippen LogP contribution in [0, 0.1) is 24.2 Å². The molecule has 0 amide bonds. The summed E-state index contributed by atoms with van der Waals surface area (Å²) in [5.41, 5.74) is 0.409. The molecule has 1 unspecified atom stereocenters. The highest BCUT2D eigenvalue weighted by atomic mass is 32.1. The first kappa shape index (κ1) is 8.88. The lowest BCUT2D eigenvalue weighted by atomic mass is 10.1. The molecular weight excluding hydrogens is 172 g/mol. The van der Waals surface area contributed by atoms with Gasteiger partial charge in [0.15, 0.2) is 5.78 Å². The summed E-state index contributed by atoms with van der Waals surface area (Å²) in [7, 11) is 0. The van der Waals surface area contributed by atoms with Gasteiger partial charge in [0.05, 0.1) is 11.1 Å². The van der Waals surface area contributed by atoms with Crippen molar-refractivity contribution in [1.82, 2.24) is 4.98 Å². The average Bonchev–Trinajstić information content (AvgIpc) is 2.49. The van der Waals surface area contributed by atoms with Crippen molar-refractivity contribution in [3.05, 3.63) is 16.1 Å². The van der Waals surface area contributed by atoms with Crippen LogP contribution in [0.15, 0.2) is 5.38 Å². The molecule has 1 heterocycles. The fraction of sp³-hybridized carbons (Fsp3) is 0.375. The van der Waals surface area contributed by atoms with E-state index in [0.717, 1.165) is 5.01 Å². The molecule has 62 valence electrons. The van der Waals surface area contributed by atoms with Crippen LogP contribution in [-0.2, 0) is 0 Å². The van der Waals surface area contributed by atoms with E-state index < -0.39 is 5.92 Å². The van der Waals surface area contributed by atoms with E-state index in [9.17, 15) is 4.79 Å². The number of hydrogen-bond donors (Lipinski definition) is 0. The first-order chi connectivity index (χ1) is 5.65. The predicted octanol–water partition coefficient (Wildman–Crippen LogP) is 1.79. The summed E-state index contributed by atoms with van der Waals surface area (Å²) in [5.74, 6) is -0.784. The number of aromatic nitrogens is 1. The van der Waals surface area contributed by atoms with Crippen LogP contribution in [-0.4, -0.2) is 10.8 Å². The summed E-state index contributed by atoms with van der Waals surface area (Å²) in [6.45, 7) is 3.41. The van der Waals surface area contributed by atoms with Crippen LogP contribution in [0.25, 0.3) is 0 Å². The van der Waals surface area contributed by atoms with Crippen LogP contribution in [0.4, 0.5) is 0 Å². The molecule has 0 bridgehead atoms. The Morgan fingerprint density at radius 3 is 2.92 bits per heavy atom. The van der Waals surface area contributed by atoms with Crippen molar-refractivity contribution >= 4 is 17.1 Å². The van der Waals surface area contributed by atoms with Crippen molar-refractivity contribution in [1.29, 1.82) is 5.26 Å². The zero-order valence-electron chi connectivity index (χ0n) is 6.87. The lowest BCUT2D eigenvalue weighted by Gasteiger charge is -1.95. The van der Waals surface area contributed by atoms with E-state index in [1.54, 1.807) is 12.3 Å². The lowest BCUT2D eigenvalue weighted by Crippen LogP contribution is -2.09. The van der Waals surface area contributed by atoms with Gasteiger partial charge in [0, 0.05) is 5.38 Å². The van der Waals surface area contributed by atoms with Crippen molar-refractivity contribution in [3.63, 3.8) is 0 Å². The molecule has 0 aliphatic heterocycles. The van der Waals surface area contributed by atoms with Crippen LogP contribution in [0.1, 0.15) is 22.4 Å². The molecule has 4 heteroatoms. The fourth-order valence-electron chi connectivity index (χ4n) is 0.757. The Balaban J connectivity index is 2.87. The molecule has 0 saturated carbocycles. The standard InChI is InChI=1S/C8H8N2OS/c1-5(3-9)8(11)7-4-12-6(2)10-7/h4-5H,1-2H3. The molecule has 0 aliphatic rings. The minimum Gasteiger partial charge on any atom is -0.291 e. The van der Waals surface area contributed by atoms with Gasteiger partial charge in [0.25, 0.3) is 0 Å². The second-order valence-electron chi connectivity index (χ2n) is 2.47. The van der Waals surface area contributed by atoms with Gasteiger partial charge in [-0.2, -0.15) is 5.26 Å². The Labute approximate surface area is 74.7 Å². The second-order valence-corrected chi connectivity index (χ2v) is 3.53. The predicted molar refractivity (Wildman–Crippen MR) is 46.0 cm³/mol. The van der Waals surface area contributed by atoms with E-state index in [1.807, 2.05) is 13.0 Å². The highest BCUT2D eigenvalue weighted by Gasteiger charge is 2.16. The maximum Gasteiger partial charge on any atom is 0.198 e. The van der Waals surface area contributed by atoms with E-state index >= 15 is 0 Å². The molecule has 1 atom stereocenters. The number of nitrogens with zero attached hydrogens (tertiary/aromatic N) is 2. The number of rotatable bonds is 2. The Morgan fingerprint density at radius 1 is 1.83 bits per heavy atom. The van der Waals surface area contributed by atoms with Gasteiger partial charge in [0.1, 0.15) is 11.6 Å². The lowest BCUT2D eigenvalue weighted by molar-refractivity contribution is 0.0952. The van der Waals surface area contributed by atoms with Crippen LogP contribution >= 0.6 is 11.3 Å². The third kappa shape index (κ3) is 1.69. The van der Waals surface area contributed by atoms with E-state index in [-0.39, 0.29) is 5.78 Å². The molecule has 12 heavy (non-hydrogen) atoms. The summed E-state index contributed by atoms with van der Waals surface area (Å²) >= 11 is 1.42. The van der Waals surface area contributed by atoms with Crippen LogP contribution in [0.2, 0.25) is 0 Å². The molecule has 0 saturated heterocycles. The number of carbonyl (C=O) groups excluding carboxylic acids is 1. The quantitative estimate of drug-likeness (QED) is 0.652. The van der Waals surface area contributed by atoms with Gasteiger partial charge in [-0.3, -0.25) is 4.79 Å². The number of ketones is 1. The van der Waals surface area contributed by atoms with E-state index in [2.05, 4.69) is 4.98 Å². The largest absolute Gasteiger partial charge is 0.291 e. The number of nitriles is 1. The maximum absolute atomic E-state index is 11.3. The molecule has 0 aromatic carbocycles. The molecule has 0 fully saturated rings. The van der Waals surface area contributed by atoms with Crippen molar-refractivity contribution in [2.45, 2.75) is 13.8 Å². The van der Waals surface area contributed by atoms with Gasteiger partial charge in [-0.1, -0.05) is 0 Å². The van der Waals surface area contributed by atoms with Gasteiger partial charge >= 0.3 is 0 Å². The zero-order chi connectivity index (χ0) is 9.14. The normalized spacial score (nSPS) is 12.1. The molecule has 1 rings (SSSR count). The van der Waals surface area contributed by atoms with E-state index in [0.29, 0.717) is 5.69 Å². The molecule has 0 radical (unpaired) electrons. The summed E-state index contributed by atoms with van der Waals surface area (Å²) in [6.07, 6.45) is 0. The molecule has 0 aliphatic carbocycles. The van der Waals surface area contributed by atoms with Gasteiger partial charge in [-0.05, 0) is 13.8 Å². The van der Waals surface area contributed by atoms with Gasteiger partial charge in [-0.15, -0.1) is 11.3 Å². The van der Waals surface area contributed by atoms with Crippen molar-refractivity contribution < 1.29 is 4.79 Å². The van der Waals surface area contributed by atoms with E-state index in [4.69, 9.17) is 5.26 Å². The summed E-state index contributed by atoms with van der Waals surface area (Å²) in [4.78, 5) is 15.3. The van der Waals surface area contributed by atoms with Crippen molar-refractivity contribution in [3.8, 4) is 6.07 Å². The Bertz CT molecular complexity index is 337. The maximum atomic E-state index is 11.3. The molecular formula is C8H8N2OS. The molecule has 1 aromatic heterocycles. The molecule has 0 spiro atoms. The SMILES string of the molecule is Cc1nc(C(=O)C(C)C#N)cs1. The van der Waals surface area contributed by atoms with Gasteiger partial charge in [0.2, 0.25) is 0 Å². The Kier molecular flexibility index (Phi) is 2.56. The Morgan fingerprint density at radius 2 is 2.50 bits per heavy atom. The summed E-state index contributed by atoms with van der Waals surface area (Å²) in [6, 6.07) is 1.89. The second kappa shape index (κ2) is 3.46. The minimum absolute atomic E-state index is 0.193. The molecule has 0 N–H and O–H groups in total. The summed E-state index contributed by atoms with van der Waals surface area (Å²) < 4.78 is 0. The fourth-order valence-corrected chi connectivity index (χ4v) is 1.36. The smallest absolute Gasteiger partial charge is 0.198 e. The molecule has 3 nitrogen and oxygen atoms in total. The van der Waals surface area contributed by atoms with Crippen molar-refractivity contribution in [2.24, 2.45) is 5.92 Å². The number of hydrogen-bond acceptors (Lipinski definition) is 4. The topological polar surface area (TPSA) is 53.8 Å². The zero-order valence-corrected chi connectivity index (χ0v) is 7.68. The van der Waals surface area contributed by atoms with Gasteiger partial charge < -0.3 is 0 Å². The van der Waals surface area contributed by atoms with E-state index in [1.165, 1.54) is 11.3 Å². The molecule has 1 aromatic rings. The third-order valence-electron chi connectivity index (χ3n) is 1.46. The average molecular weight is 180 g/mol.